The van der Waals surface area contributed by atoms with Crippen molar-refractivity contribution in [3.8, 4) is 0 Å². The van der Waals surface area contributed by atoms with Gasteiger partial charge in [-0.15, -0.1) is 0 Å². The van der Waals surface area contributed by atoms with E-state index in [0.717, 1.165) is 19.5 Å². The van der Waals surface area contributed by atoms with E-state index in [0.29, 0.717) is 12.6 Å². The fourth-order valence-electron chi connectivity index (χ4n) is 1.95. The lowest BCUT2D eigenvalue weighted by atomic mass is 10.2. The number of nitrogens with zero attached hydrogens (tertiary/aromatic N) is 1. The smallest absolute Gasteiger partial charge is 0.309 e. The molecule has 2 amide bonds. The highest BCUT2D eigenvalue weighted by Gasteiger charge is 2.23. The zero-order chi connectivity index (χ0) is 11.3. The molecule has 1 heterocycles. The average molecular weight is 213 g/mol. The molecule has 1 aliphatic heterocycles. The van der Waals surface area contributed by atoms with E-state index in [1.165, 1.54) is 13.5 Å². The summed E-state index contributed by atoms with van der Waals surface area (Å²) < 4.78 is 0. The average Bonchev–Trinajstić information content (AvgIpc) is 2.71. The van der Waals surface area contributed by atoms with Crippen molar-refractivity contribution in [2.75, 3.05) is 26.7 Å². The number of hydrogen-bond donors (Lipinski definition) is 2. The molecular weight excluding hydrogens is 194 g/mol. The van der Waals surface area contributed by atoms with Crippen molar-refractivity contribution in [3.05, 3.63) is 0 Å². The van der Waals surface area contributed by atoms with Crippen LogP contribution in [0.1, 0.15) is 19.8 Å². The molecule has 86 valence electrons. The van der Waals surface area contributed by atoms with Crippen LogP contribution in [0.25, 0.3) is 0 Å². The molecule has 0 aromatic rings. The molecular formula is C10H19N3O2. The van der Waals surface area contributed by atoms with Gasteiger partial charge in [0.25, 0.3) is 0 Å². The van der Waals surface area contributed by atoms with Crippen molar-refractivity contribution >= 4 is 11.8 Å². The fraction of sp³-hybridized carbons (Fsp3) is 0.800. The minimum absolute atomic E-state index is 0.392. The Bertz CT molecular complexity index is 243. The quantitative estimate of drug-likeness (QED) is 0.611. The number of amides is 2. The summed E-state index contributed by atoms with van der Waals surface area (Å²) in [6.07, 6.45) is 2.27. The molecule has 15 heavy (non-hydrogen) atoms. The van der Waals surface area contributed by atoms with Gasteiger partial charge in [0.2, 0.25) is 0 Å². The standard InChI is InChI=1S/C10H19N3O2/c1-3-13-6-4-5-8(13)7-12-10(15)9(14)11-2/h8H,3-7H2,1-2H3,(H,11,14)(H,12,15)/t8-/m0/s1. The maximum Gasteiger partial charge on any atom is 0.309 e. The van der Waals surface area contributed by atoms with Crippen LogP contribution in [-0.4, -0.2) is 49.4 Å². The van der Waals surface area contributed by atoms with Crippen LogP contribution in [0, 0.1) is 0 Å². The van der Waals surface area contributed by atoms with Crippen LogP contribution in [0.3, 0.4) is 0 Å². The molecule has 1 atom stereocenters. The summed E-state index contributed by atoms with van der Waals surface area (Å²) in [7, 11) is 1.45. The van der Waals surface area contributed by atoms with Crippen LogP contribution in [0.5, 0.6) is 0 Å². The van der Waals surface area contributed by atoms with Gasteiger partial charge in [-0.2, -0.15) is 0 Å². The zero-order valence-electron chi connectivity index (χ0n) is 9.38. The van der Waals surface area contributed by atoms with Crippen LogP contribution in [0.15, 0.2) is 0 Å². The topological polar surface area (TPSA) is 61.4 Å². The summed E-state index contributed by atoms with van der Waals surface area (Å²) in [6.45, 7) is 4.77. The molecule has 1 rings (SSSR count). The van der Waals surface area contributed by atoms with E-state index in [9.17, 15) is 9.59 Å². The molecule has 0 unspecified atom stereocenters. The molecule has 0 aliphatic carbocycles. The van der Waals surface area contributed by atoms with E-state index in [1.54, 1.807) is 0 Å². The predicted octanol–water partition coefficient (Wildman–Crippen LogP) is -0.667. The third-order valence-corrected chi connectivity index (χ3v) is 2.84. The van der Waals surface area contributed by atoms with Crippen LogP contribution in [0.4, 0.5) is 0 Å². The first kappa shape index (κ1) is 12.0. The minimum Gasteiger partial charge on any atom is -0.351 e. The molecule has 0 aromatic carbocycles. The van der Waals surface area contributed by atoms with Gasteiger partial charge in [0.15, 0.2) is 0 Å². The maximum absolute atomic E-state index is 11.2. The van der Waals surface area contributed by atoms with E-state index >= 15 is 0 Å². The Balaban J connectivity index is 2.30. The normalized spacial score (nSPS) is 21.3. The van der Waals surface area contributed by atoms with Gasteiger partial charge in [-0.1, -0.05) is 6.92 Å². The Morgan fingerprint density at radius 3 is 2.73 bits per heavy atom. The molecule has 1 fully saturated rings. The predicted molar refractivity (Wildman–Crippen MR) is 57.3 cm³/mol. The highest BCUT2D eigenvalue weighted by atomic mass is 16.2. The molecule has 2 N–H and O–H groups in total. The van der Waals surface area contributed by atoms with Crippen molar-refractivity contribution in [2.45, 2.75) is 25.8 Å². The van der Waals surface area contributed by atoms with E-state index < -0.39 is 11.8 Å². The molecule has 1 saturated heterocycles. The third-order valence-electron chi connectivity index (χ3n) is 2.84. The van der Waals surface area contributed by atoms with Gasteiger partial charge in [0.05, 0.1) is 0 Å². The van der Waals surface area contributed by atoms with Gasteiger partial charge >= 0.3 is 11.8 Å². The first-order valence-corrected chi connectivity index (χ1v) is 5.43. The van der Waals surface area contributed by atoms with Crippen LogP contribution in [0.2, 0.25) is 0 Å². The van der Waals surface area contributed by atoms with Gasteiger partial charge in [-0.05, 0) is 25.9 Å². The van der Waals surface area contributed by atoms with Gasteiger partial charge in [-0.3, -0.25) is 14.5 Å². The molecule has 0 radical (unpaired) electrons. The van der Waals surface area contributed by atoms with Crippen molar-refractivity contribution in [3.63, 3.8) is 0 Å². The fourth-order valence-corrected chi connectivity index (χ4v) is 1.95. The van der Waals surface area contributed by atoms with Crippen molar-refractivity contribution in [1.29, 1.82) is 0 Å². The van der Waals surface area contributed by atoms with Gasteiger partial charge in [0.1, 0.15) is 0 Å². The second-order valence-electron chi connectivity index (χ2n) is 3.71. The van der Waals surface area contributed by atoms with Crippen molar-refractivity contribution in [2.24, 2.45) is 0 Å². The highest BCUT2D eigenvalue weighted by molar-refractivity contribution is 6.35. The number of carbonyl (C=O) groups is 2. The molecule has 0 bridgehead atoms. The summed E-state index contributed by atoms with van der Waals surface area (Å²) >= 11 is 0. The van der Waals surface area contributed by atoms with Crippen molar-refractivity contribution < 1.29 is 9.59 Å². The summed E-state index contributed by atoms with van der Waals surface area (Å²) in [5, 5.41) is 4.95. The SMILES string of the molecule is CCN1CCC[C@H]1CNC(=O)C(=O)NC. The molecule has 0 aromatic heterocycles. The first-order chi connectivity index (χ1) is 7.19. The number of carbonyl (C=O) groups excluding carboxylic acids is 2. The Morgan fingerprint density at radius 1 is 1.40 bits per heavy atom. The Hall–Kier alpha value is -1.10. The Kier molecular flexibility index (Phi) is 4.55. The molecule has 0 spiro atoms. The first-order valence-electron chi connectivity index (χ1n) is 5.43. The van der Waals surface area contributed by atoms with E-state index in [-0.39, 0.29) is 0 Å². The second-order valence-corrected chi connectivity index (χ2v) is 3.71. The third kappa shape index (κ3) is 3.20. The van der Waals surface area contributed by atoms with Gasteiger partial charge in [0, 0.05) is 19.6 Å². The molecule has 5 nitrogen and oxygen atoms in total. The maximum atomic E-state index is 11.2. The lowest BCUT2D eigenvalue weighted by Gasteiger charge is -2.22. The van der Waals surface area contributed by atoms with E-state index in [2.05, 4.69) is 22.5 Å². The Morgan fingerprint density at radius 2 is 2.13 bits per heavy atom. The second kappa shape index (κ2) is 5.70. The highest BCUT2D eigenvalue weighted by Crippen LogP contribution is 2.15. The van der Waals surface area contributed by atoms with Crippen LogP contribution in [-0.2, 0) is 9.59 Å². The van der Waals surface area contributed by atoms with Crippen LogP contribution < -0.4 is 10.6 Å². The van der Waals surface area contributed by atoms with E-state index in [1.807, 2.05) is 0 Å². The van der Waals surface area contributed by atoms with Crippen molar-refractivity contribution in [1.82, 2.24) is 15.5 Å². The Labute approximate surface area is 90.2 Å². The monoisotopic (exact) mass is 213 g/mol. The number of nitrogens with one attached hydrogen (secondary N) is 2. The number of rotatable bonds is 3. The largest absolute Gasteiger partial charge is 0.351 e. The van der Waals surface area contributed by atoms with Gasteiger partial charge in [-0.25, -0.2) is 0 Å². The summed E-state index contributed by atoms with van der Waals surface area (Å²) in [5.74, 6) is -1.11. The number of hydrogen-bond acceptors (Lipinski definition) is 3. The minimum atomic E-state index is -0.573. The summed E-state index contributed by atoms with van der Waals surface area (Å²) in [4.78, 5) is 24.4. The van der Waals surface area contributed by atoms with Gasteiger partial charge < -0.3 is 10.6 Å². The molecule has 1 aliphatic rings. The lowest BCUT2D eigenvalue weighted by Crippen LogP contribution is -2.44. The zero-order valence-corrected chi connectivity index (χ0v) is 9.38. The summed E-state index contributed by atoms with van der Waals surface area (Å²) in [6, 6.07) is 0.392. The van der Waals surface area contributed by atoms with Crippen LogP contribution >= 0.6 is 0 Å². The lowest BCUT2D eigenvalue weighted by molar-refractivity contribution is -0.139. The molecule has 5 heteroatoms. The van der Waals surface area contributed by atoms with E-state index in [4.69, 9.17) is 0 Å². The summed E-state index contributed by atoms with van der Waals surface area (Å²) in [5.41, 5.74) is 0. The number of likely N-dealkylation sites (N-methyl/N-ethyl adjacent to an activating group) is 2. The molecule has 0 saturated carbocycles. The number of likely N-dealkylation sites (tertiary alicyclic amines) is 1.